The maximum atomic E-state index is 13.1. The summed E-state index contributed by atoms with van der Waals surface area (Å²) in [5.74, 6) is 0.930. The Balaban J connectivity index is 5.14. The molecule has 0 aliphatic carbocycles. The molecule has 0 aliphatic rings. The van der Waals surface area contributed by atoms with Gasteiger partial charge in [0.15, 0.2) is 12.2 Å². The quantitative estimate of drug-likeness (QED) is 0.0222. The summed E-state index contributed by atoms with van der Waals surface area (Å²) in [4.78, 5) is 72.7. The molecule has 0 heterocycles. The molecule has 95 heavy (non-hydrogen) atoms. The van der Waals surface area contributed by atoms with Gasteiger partial charge in [-0.2, -0.15) is 0 Å². The van der Waals surface area contributed by atoms with Crippen LogP contribution in [0.25, 0.3) is 0 Å². The Kier molecular flexibility index (Phi) is 64.0. The zero-order chi connectivity index (χ0) is 70.3. The summed E-state index contributed by atoms with van der Waals surface area (Å²) in [6, 6.07) is 0. The molecule has 564 valence electrons. The zero-order valence-corrected chi connectivity index (χ0v) is 64.1. The summed E-state index contributed by atoms with van der Waals surface area (Å²) in [5.41, 5.74) is 0. The van der Waals surface area contributed by atoms with Crippen LogP contribution in [-0.2, 0) is 65.4 Å². The highest BCUT2D eigenvalue weighted by atomic mass is 31.2. The van der Waals surface area contributed by atoms with Crippen LogP contribution in [0.2, 0.25) is 0 Å². The summed E-state index contributed by atoms with van der Waals surface area (Å²) in [5, 5.41) is 10.6. The van der Waals surface area contributed by atoms with E-state index in [0.717, 1.165) is 114 Å². The predicted octanol–water partition coefficient (Wildman–Crippen LogP) is 22.0. The van der Waals surface area contributed by atoms with Crippen molar-refractivity contribution in [1.82, 2.24) is 0 Å². The van der Waals surface area contributed by atoms with Crippen molar-refractivity contribution < 1.29 is 80.2 Å². The van der Waals surface area contributed by atoms with E-state index in [9.17, 15) is 43.2 Å². The molecule has 19 heteroatoms. The number of phosphoric acid groups is 2. The summed E-state index contributed by atoms with van der Waals surface area (Å²) >= 11 is 0. The number of carbonyl (C=O) groups excluding carboxylic acids is 4. The molecular weight excluding hydrogens is 1250 g/mol. The van der Waals surface area contributed by atoms with Crippen LogP contribution in [0.1, 0.15) is 383 Å². The van der Waals surface area contributed by atoms with Crippen LogP contribution < -0.4 is 0 Å². The average molecular weight is 1400 g/mol. The first kappa shape index (κ1) is 93.1. The molecule has 0 saturated carbocycles. The number of ether oxygens (including phenoxy) is 4. The zero-order valence-electron chi connectivity index (χ0n) is 62.3. The molecule has 17 nitrogen and oxygen atoms in total. The third kappa shape index (κ3) is 67.6. The molecule has 0 aromatic heterocycles. The maximum Gasteiger partial charge on any atom is 0.472 e. The molecule has 0 aliphatic heterocycles. The van der Waals surface area contributed by atoms with Crippen LogP contribution in [0, 0.1) is 23.7 Å². The van der Waals surface area contributed by atoms with Gasteiger partial charge in [-0.1, -0.05) is 331 Å². The van der Waals surface area contributed by atoms with Gasteiger partial charge in [-0.3, -0.25) is 37.3 Å². The molecule has 0 bridgehead atoms. The third-order valence-electron chi connectivity index (χ3n) is 18.3. The van der Waals surface area contributed by atoms with Gasteiger partial charge in [-0.25, -0.2) is 9.13 Å². The van der Waals surface area contributed by atoms with E-state index in [1.807, 2.05) is 0 Å². The first-order valence-electron chi connectivity index (χ1n) is 39.3. The Hall–Kier alpha value is -1.94. The fraction of sp³-hybridized carbons (Fsp3) is 0.947. The topological polar surface area (TPSA) is 237 Å². The Labute approximate surface area is 581 Å². The van der Waals surface area contributed by atoms with Crippen LogP contribution in [0.3, 0.4) is 0 Å². The molecule has 0 fully saturated rings. The van der Waals surface area contributed by atoms with Gasteiger partial charge in [0.25, 0.3) is 0 Å². The molecule has 0 spiro atoms. The minimum Gasteiger partial charge on any atom is -0.462 e. The second-order valence-electron chi connectivity index (χ2n) is 28.8. The van der Waals surface area contributed by atoms with Gasteiger partial charge in [-0.15, -0.1) is 0 Å². The van der Waals surface area contributed by atoms with Crippen molar-refractivity contribution in [1.29, 1.82) is 0 Å². The van der Waals surface area contributed by atoms with Crippen molar-refractivity contribution in [2.24, 2.45) is 23.7 Å². The van der Waals surface area contributed by atoms with Gasteiger partial charge in [-0.05, 0) is 49.4 Å². The van der Waals surface area contributed by atoms with E-state index < -0.39 is 97.5 Å². The van der Waals surface area contributed by atoms with E-state index in [4.69, 9.17) is 37.0 Å². The molecule has 0 amide bonds. The van der Waals surface area contributed by atoms with E-state index in [1.54, 1.807) is 0 Å². The molecule has 0 aromatic carbocycles. The predicted molar refractivity (Wildman–Crippen MR) is 386 cm³/mol. The number of rotatable bonds is 73. The second-order valence-corrected chi connectivity index (χ2v) is 31.7. The van der Waals surface area contributed by atoms with Crippen LogP contribution >= 0.6 is 15.6 Å². The lowest BCUT2D eigenvalue weighted by atomic mass is 9.99. The third-order valence-corrected chi connectivity index (χ3v) is 20.2. The molecule has 3 N–H and O–H groups in total. The maximum absolute atomic E-state index is 13.1. The Morgan fingerprint density at radius 2 is 0.505 bits per heavy atom. The van der Waals surface area contributed by atoms with Crippen molar-refractivity contribution in [2.75, 3.05) is 39.6 Å². The Morgan fingerprint density at radius 3 is 0.747 bits per heavy atom. The van der Waals surface area contributed by atoms with Crippen molar-refractivity contribution in [3.8, 4) is 0 Å². The minimum absolute atomic E-state index is 0.103. The van der Waals surface area contributed by atoms with Crippen LogP contribution in [0.4, 0.5) is 0 Å². The van der Waals surface area contributed by atoms with E-state index in [0.29, 0.717) is 25.7 Å². The summed E-state index contributed by atoms with van der Waals surface area (Å²) in [6.45, 7) is 14.2. The molecule has 0 aromatic rings. The SMILES string of the molecule is CCC(C)CCCCCCCCCCCCCCCCCCCCC(=O)OC[C@H](COP(=O)(O)OCC(O)COP(=O)(O)OC[C@@H](COC(=O)CCCCCCCCCCC(C)C)OC(=O)CCCCCCCCCCCC(C)C)OC(=O)CCCCCCCCC(C)CC. The number of hydrogen-bond acceptors (Lipinski definition) is 15. The number of hydrogen-bond donors (Lipinski definition) is 3. The Bertz CT molecular complexity index is 1870. The first-order valence-corrected chi connectivity index (χ1v) is 42.3. The monoisotopic (exact) mass is 1400 g/mol. The van der Waals surface area contributed by atoms with Gasteiger partial charge < -0.3 is 33.8 Å². The Morgan fingerprint density at radius 1 is 0.295 bits per heavy atom. The van der Waals surface area contributed by atoms with Crippen molar-refractivity contribution in [3.63, 3.8) is 0 Å². The number of phosphoric ester groups is 2. The second kappa shape index (κ2) is 65.4. The lowest BCUT2D eigenvalue weighted by Gasteiger charge is -2.21. The van der Waals surface area contributed by atoms with Gasteiger partial charge in [0.2, 0.25) is 0 Å². The molecule has 7 atom stereocenters. The minimum atomic E-state index is -4.96. The summed E-state index contributed by atoms with van der Waals surface area (Å²) < 4.78 is 68.4. The van der Waals surface area contributed by atoms with Gasteiger partial charge >= 0.3 is 39.5 Å². The van der Waals surface area contributed by atoms with E-state index in [-0.39, 0.29) is 25.7 Å². The first-order chi connectivity index (χ1) is 45.7. The molecule has 0 rings (SSSR count). The molecule has 5 unspecified atom stereocenters. The fourth-order valence-electron chi connectivity index (χ4n) is 11.5. The lowest BCUT2D eigenvalue weighted by molar-refractivity contribution is -0.161. The molecule has 0 radical (unpaired) electrons. The summed E-state index contributed by atoms with van der Waals surface area (Å²) in [6.07, 6.45) is 50.2. The standard InChI is InChI=1S/C76H148O17P2/c1-9-68(7)54-46-38-30-23-19-17-15-13-11-12-14-16-18-20-24-31-40-48-56-73(78)86-63-72(93-76(81)59-51-43-35-34-39-47-55-69(8)10-2)65-91-95(84,85)89-61-70(77)60-88-94(82,83)90-64-71(62-87-74(79)57-49-41-32-27-26-29-37-45-53-67(5)6)92-75(80)58-50-42-33-25-21-22-28-36-44-52-66(3)4/h66-72,77H,9-65H2,1-8H3,(H,82,83)(H,84,85)/t68?,69?,70?,71-,72-/m1/s1. The van der Waals surface area contributed by atoms with E-state index in [2.05, 4.69) is 55.4 Å². The summed E-state index contributed by atoms with van der Waals surface area (Å²) in [7, 11) is -9.91. The molecular formula is C76H148O17P2. The largest absolute Gasteiger partial charge is 0.472 e. The molecule has 0 saturated heterocycles. The number of unbranched alkanes of at least 4 members (excludes halogenated alkanes) is 37. The highest BCUT2D eigenvalue weighted by molar-refractivity contribution is 7.47. The van der Waals surface area contributed by atoms with Crippen LogP contribution in [0.5, 0.6) is 0 Å². The van der Waals surface area contributed by atoms with Crippen LogP contribution in [-0.4, -0.2) is 96.7 Å². The number of carbonyl (C=O) groups is 4. The van der Waals surface area contributed by atoms with Crippen LogP contribution in [0.15, 0.2) is 0 Å². The van der Waals surface area contributed by atoms with Gasteiger partial charge in [0.05, 0.1) is 26.4 Å². The highest BCUT2D eigenvalue weighted by Gasteiger charge is 2.30. The van der Waals surface area contributed by atoms with Gasteiger partial charge in [0.1, 0.15) is 19.3 Å². The number of esters is 4. The average Bonchev–Trinajstić information content (AvgIpc) is 1.30. The van der Waals surface area contributed by atoms with Crippen molar-refractivity contribution in [3.05, 3.63) is 0 Å². The van der Waals surface area contributed by atoms with Gasteiger partial charge in [0, 0.05) is 25.7 Å². The lowest BCUT2D eigenvalue weighted by Crippen LogP contribution is -2.30. The normalized spacial score (nSPS) is 14.7. The highest BCUT2D eigenvalue weighted by Crippen LogP contribution is 2.45. The van der Waals surface area contributed by atoms with Crippen molar-refractivity contribution >= 4 is 39.5 Å². The smallest absolute Gasteiger partial charge is 0.462 e. The van der Waals surface area contributed by atoms with E-state index >= 15 is 0 Å². The van der Waals surface area contributed by atoms with E-state index in [1.165, 1.54) is 186 Å². The number of aliphatic hydroxyl groups is 1. The fourth-order valence-corrected chi connectivity index (χ4v) is 13.1. The van der Waals surface area contributed by atoms with Crippen molar-refractivity contribution in [2.45, 2.75) is 401 Å². The number of aliphatic hydroxyl groups excluding tert-OH is 1.